The van der Waals surface area contributed by atoms with Gasteiger partial charge >= 0.3 is 59.6 Å². The Kier molecular flexibility index (Phi) is 9.31. The van der Waals surface area contributed by atoms with Crippen molar-refractivity contribution < 1.29 is 24.8 Å². The van der Waals surface area contributed by atoms with Gasteiger partial charge in [-0.2, -0.15) is 0 Å². The first kappa shape index (κ1) is 13.7. The SMILES string of the molecule is CC1CCC[CH]([Al+2])C1.[Cl-].[Cl-]. The average Bonchev–Trinajstić information content (AvgIpc) is 1.64. The second-order valence-corrected chi connectivity index (χ2v) is 3.97. The molecule has 1 fully saturated rings. The Bertz CT molecular complexity index is 70.0. The summed E-state index contributed by atoms with van der Waals surface area (Å²) >= 11 is 2.93. The molecule has 1 aliphatic rings. The van der Waals surface area contributed by atoms with Gasteiger partial charge in [0.15, 0.2) is 0 Å². The number of rotatable bonds is 0. The minimum absolute atomic E-state index is 0. The van der Waals surface area contributed by atoms with Crippen LogP contribution in [0.3, 0.4) is 0 Å². The Labute approximate surface area is 84.4 Å². The molecule has 0 radical (unpaired) electrons. The van der Waals surface area contributed by atoms with Crippen molar-refractivity contribution in [3.8, 4) is 0 Å². The molecule has 0 bridgehead atoms. The van der Waals surface area contributed by atoms with Gasteiger partial charge in [-0.15, -0.1) is 0 Å². The molecule has 0 nitrogen and oxygen atoms in total. The predicted octanol–water partition coefficient (Wildman–Crippen LogP) is -3.84. The molecule has 0 N–H and O–H groups in total. The van der Waals surface area contributed by atoms with Crippen molar-refractivity contribution in [2.45, 2.75) is 37.4 Å². The Balaban J connectivity index is 0. The predicted molar refractivity (Wildman–Crippen MR) is 37.1 cm³/mol. The molecule has 0 amide bonds. The van der Waals surface area contributed by atoms with Crippen LogP contribution in [0.1, 0.15) is 32.6 Å². The molecule has 1 saturated carbocycles. The summed E-state index contributed by atoms with van der Waals surface area (Å²) in [6, 6.07) is 0. The standard InChI is InChI=1S/C7H13.Al.2ClH/c1-7-5-3-2-4-6-7;;;/h3,7H,2,4-6H2,1H3;;2*1H/q;+2;;/p-2. The summed E-state index contributed by atoms with van der Waals surface area (Å²) in [5.41, 5.74) is 0. The van der Waals surface area contributed by atoms with E-state index < -0.39 is 0 Å². The zero-order chi connectivity index (χ0) is 5.98. The van der Waals surface area contributed by atoms with E-state index in [1.165, 1.54) is 25.7 Å². The second kappa shape index (κ2) is 6.80. The van der Waals surface area contributed by atoms with Gasteiger partial charge in [0.05, 0.1) is 0 Å². The minimum atomic E-state index is 0. The molecule has 0 aromatic rings. The molecule has 0 aromatic heterocycles. The fraction of sp³-hybridized carbons (Fsp3) is 1.00. The van der Waals surface area contributed by atoms with E-state index in [9.17, 15) is 0 Å². The summed E-state index contributed by atoms with van der Waals surface area (Å²) < 4.78 is 0.929. The molecule has 0 spiro atoms. The normalized spacial score (nSPS) is 31.9. The summed E-state index contributed by atoms with van der Waals surface area (Å²) in [7, 11) is 0. The monoisotopic (exact) mass is 194 g/mol. The van der Waals surface area contributed by atoms with Crippen molar-refractivity contribution in [2.24, 2.45) is 5.92 Å². The minimum Gasteiger partial charge on any atom is -1.00 e. The molecule has 1 aliphatic carbocycles. The van der Waals surface area contributed by atoms with Crippen LogP contribution in [0.15, 0.2) is 0 Å². The number of halogens is 2. The van der Waals surface area contributed by atoms with Gasteiger partial charge in [0, 0.05) is 0 Å². The van der Waals surface area contributed by atoms with Gasteiger partial charge in [0.25, 0.3) is 0 Å². The van der Waals surface area contributed by atoms with E-state index >= 15 is 0 Å². The van der Waals surface area contributed by atoms with Crippen molar-refractivity contribution in [3.63, 3.8) is 0 Å². The largest absolute Gasteiger partial charge is 1.00 e. The van der Waals surface area contributed by atoms with Gasteiger partial charge in [-0.3, -0.25) is 0 Å². The maximum absolute atomic E-state index is 2.93. The van der Waals surface area contributed by atoms with Gasteiger partial charge in [0.2, 0.25) is 0 Å². The van der Waals surface area contributed by atoms with Gasteiger partial charge in [-0.1, -0.05) is 0 Å². The summed E-state index contributed by atoms with van der Waals surface area (Å²) in [4.78, 5) is 0. The van der Waals surface area contributed by atoms with Crippen LogP contribution in [0.5, 0.6) is 0 Å². The van der Waals surface area contributed by atoms with Crippen LogP contribution in [0, 0.1) is 5.92 Å². The van der Waals surface area contributed by atoms with E-state index in [0.717, 1.165) is 10.7 Å². The van der Waals surface area contributed by atoms with Gasteiger partial charge in [0.1, 0.15) is 0 Å². The van der Waals surface area contributed by atoms with Crippen LogP contribution in [-0.4, -0.2) is 16.3 Å². The molecule has 10 heavy (non-hydrogen) atoms. The molecule has 2 unspecified atom stereocenters. The molecule has 2 atom stereocenters. The summed E-state index contributed by atoms with van der Waals surface area (Å²) in [6.45, 7) is 2.36. The maximum Gasteiger partial charge on any atom is -1.00 e. The Morgan fingerprint density at radius 1 is 1.20 bits per heavy atom. The molecular formula is C7H13AlCl2. The van der Waals surface area contributed by atoms with E-state index in [-0.39, 0.29) is 24.8 Å². The van der Waals surface area contributed by atoms with E-state index in [2.05, 4.69) is 23.2 Å². The fourth-order valence-corrected chi connectivity index (χ4v) is 2.18. The molecule has 0 aliphatic heterocycles. The summed E-state index contributed by atoms with van der Waals surface area (Å²) in [6.07, 6.45) is 5.79. The molecule has 0 saturated heterocycles. The second-order valence-electron chi connectivity index (χ2n) is 3.03. The third-order valence-corrected chi connectivity index (χ3v) is 2.58. The van der Waals surface area contributed by atoms with Crippen molar-refractivity contribution in [3.05, 3.63) is 0 Å². The molecule has 58 valence electrons. The smallest absolute Gasteiger partial charge is 1.00 e. The van der Waals surface area contributed by atoms with E-state index in [1.54, 1.807) is 0 Å². The van der Waals surface area contributed by atoms with Crippen LogP contribution in [0.25, 0.3) is 0 Å². The molecular weight excluding hydrogens is 182 g/mol. The fourth-order valence-electron chi connectivity index (χ4n) is 1.48. The van der Waals surface area contributed by atoms with Crippen LogP contribution in [0.4, 0.5) is 0 Å². The van der Waals surface area contributed by atoms with Crippen LogP contribution in [0.2, 0.25) is 4.78 Å². The zero-order valence-corrected chi connectivity index (χ0v) is 8.98. The third kappa shape index (κ3) is 4.86. The van der Waals surface area contributed by atoms with Crippen LogP contribution >= 0.6 is 0 Å². The van der Waals surface area contributed by atoms with Crippen LogP contribution < -0.4 is 24.8 Å². The van der Waals surface area contributed by atoms with Gasteiger partial charge in [-0.25, -0.2) is 0 Å². The zero-order valence-electron chi connectivity index (χ0n) is 6.32. The van der Waals surface area contributed by atoms with Crippen molar-refractivity contribution >= 4 is 16.3 Å². The Morgan fingerprint density at radius 2 is 1.80 bits per heavy atom. The van der Waals surface area contributed by atoms with Crippen molar-refractivity contribution in [2.75, 3.05) is 0 Å². The number of hydrogen-bond donors (Lipinski definition) is 0. The first-order valence-electron chi connectivity index (χ1n) is 3.54. The quantitative estimate of drug-likeness (QED) is 0.347. The topological polar surface area (TPSA) is 0 Å². The van der Waals surface area contributed by atoms with Crippen molar-refractivity contribution in [1.29, 1.82) is 0 Å². The third-order valence-electron chi connectivity index (χ3n) is 1.98. The molecule has 0 heterocycles. The first-order chi connectivity index (χ1) is 3.79. The Morgan fingerprint density at radius 3 is 2.10 bits per heavy atom. The van der Waals surface area contributed by atoms with E-state index in [0.29, 0.717) is 0 Å². The molecule has 3 heteroatoms. The first-order valence-corrected chi connectivity index (χ1v) is 4.21. The van der Waals surface area contributed by atoms with Gasteiger partial charge in [-0.05, 0) is 0 Å². The van der Waals surface area contributed by atoms with E-state index in [1.807, 2.05) is 0 Å². The molecule has 0 aromatic carbocycles. The number of hydrogen-bond acceptors (Lipinski definition) is 0. The Hall–Kier alpha value is 1.11. The van der Waals surface area contributed by atoms with Gasteiger partial charge < -0.3 is 24.8 Å². The molecule has 1 rings (SSSR count). The average molecular weight is 195 g/mol. The van der Waals surface area contributed by atoms with Crippen molar-refractivity contribution in [1.82, 2.24) is 0 Å². The maximum atomic E-state index is 2.93. The van der Waals surface area contributed by atoms with Crippen LogP contribution in [-0.2, 0) is 0 Å². The summed E-state index contributed by atoms with van der Waals surface area (Å²) in [5, 5.41) is 0. The van der Waals surface area contributed by atoms with E-state index in [4.69, 9.17) is 0 Å². The summed E-state index contributed by atoms with van der Waals surface area (Å²) in [5.74, 6) is 0.992.